The molecule has 2 heterocycles. The fraction of sp³-hybridized carbons (Fsp3) is 0.118. The number of aliphatic imine (C=N–C) groups is 1. The lowest BCUT2D eigenvalue weighted by atomic mass is 10.1. The largest absolute Gasteiger partial charge is 0.497 e. The molecule has 2 aromatic rings. The molecule has 2 aliphatic heterocycles. The summed E-state index contributed by atoms with van der Waals surface area (Å²) >= 11 is 0. The molecule has 3 amide bonds. The maximum atomic E-state index is 12.8. The summed E-state index contributed by atoms with van der Waals surface area (Å²) in [5.74, 6) is 0.267. The first-order chi connectivity index (χ1) is 11.2. The summed E-state index contributed by atoms with van der Waals surface area (Å²) in [6, 6.07) is 13.1. The van der Waals surface area contributed by atoms with Crippen molar-refractivity contribution < 1.29 is 14.3 Å². The minimum absolute atomic E-state index is 0.318. The predicted octanol–water partition coefficient (Wildman–Crippen LogP) is 2.75. The Labute approximate surface area is 132 Å². The van der Waals surface area contributed by atoms with Crippen LogP contribution in [0.2, 0.25) is 0 Å². The van der Waals surface area contributed by atoms with Gasteiger partial charge in [0.25, 0.3) is 5.91 Å². The quantitative estimate of drug-likeness (QED) is 0.801. The van der Waals surface area contributed by atoms with E-state index in [0.29, 0.717) is 22.8 Å². The number of nitrogens with zero attached hydrogens (tertiary/aromatic N) is 3. The van der Waals surface area contributed by atoms with Gasteiger partial charge in [-0.3, -0.25) is 14.7 Å². The van der Waals surface area contributed by atoms with Crippen molar-refractivity contribution in [3.05, 3.63) is 48.5 Å². The molecule has 4 rings (SSSR count). The topological polar surface area (TPSA) is 62.2 Å². The number of hydrogen-bond donors (Lipinski definition) is 0. The van der Waals surface area contributed by atoms with Gasteiger partial charge in [0, 0.05) is 12.3 Å². The summed E-state index contributed by atoms with van der Waals surface area (Å²) < 4.78 is 5.17. The van der Waals surface area contributed by atoms with Crippen LogP contribution >= 0.6 is 0 Å². The number of imide groups is 1. The molecule has 1 atom stereocenters. The maximum Gasteiger partial charge on any atom is 0.337 e. The van der Waals surface area contributed by atoms with Crippen LogP contribution < -0.4 is 14.5 Å². The molecule has 0 spiro atoms. The number of benzene rings is 2. The predicted molar refractivity (Wildman–Crippen MR) is 86.7 cm³/mol. The van der Waals surface area contributed by atoms with E-state index in [4.69, 9.17) is 4.74 Å². The Morgan fingerprint density at radius 2 is 1.91 bits per heavy atom. The highest BCUT2D eigenvalue weighted by molar-refractivity contribution is 6.34. The maximum absolute atomic E-state index is 12.8. The Balaban J connectivity index is 1.80. The summed E-state index contributed by atoms with van der Waals surface area (Å²) in [6.45, 7) is 0. The van der Waals surface area contributed by atoms with Gasteiger partial charge in [0.2, 0.25) is 0 Å². The first-order valence-electron chi connectivity index (χ1n) is 7.15. The van der Waals surface area contributed by atoms with Gasteiger partial charge >= 0.3 is 6.03 Å². The van der Waals surface area contributed by atoms with E-state index in [1.165, 1.54) is 16.0 Å². The van der Waals surface area contributed by atoms with Crippen molar-refractivity contribution in [3.8, 4) is 5.75 Å². The molecule has 1 unspecified atom stereocenters. The van der Waals surface area contributed by atoms with Crippen LogP contribution in [0.1, 0.15) is 0 Å². The summed E-state index contributed by atoms with van der Waals surface area (Å²) in [5, 5.41) is 0. The monoisotopic (exact) mass is 307 g/mol. The van der Waals surface area contributed by atoms with E-state index >= 15 is 0 Å². The van der Waals surface area contributed by atoms with E-state index < -0.39 is 6.04 Å². The summed E-state index contributed by atoms with van der Waals surface area (Å²) in [4.78, 5) is 32.5. The van der Waals surface area contributed by atoms with E-state index in [9.17, 15) is 9.59 Å². The number of fused-ring (bicyclic) bond motifs is 3. The number of ether oxygens (including phenoxy) is 1. The van der Waals surface area contributed by atoms with Crippen molar-refractivity contribution in [1.82, 2.24) is 0 Å². The fourth-order valence-electron chi connectivity index (χ4n) is 2.86. The molecule has 1 fully saturated rings. The van der Waals surface area contributed by atoms with Gasteiger partial charge in [0.15, 0.2) is 6.04 Å². The Hall–Kier alpha value is -3.15. The van der Waals surface area contributed by atoms with Gasteiger partial charge in [-0.05, 0) is 24.3 Å². The third-order valence-corrected chi connectivity index (χ3v) is 3.96. The van der Waals surface area contributed by atoms with Crippen molar-refractivity contribution in [3.63, 3.8) is 0 Å². The molecule has 0 bridgehead atoms. The molecular weight excluding hydrogens is 294 g/mol. The number of carbonyl (C=O) groups excluding carboxylic acids is 2. The standard InChI is InChI=1S/C17H13N3O3/c1-23-12-6-4-5-11(9-12)19-16(21)15-10-18-13-7-2-3-8-14(13)20(15)17(19)22/h2-10,15H,1H3. The van der Waals surface area contributed by atoms with Crippen molar-refractivity contribution in [2.24, 2.45) is 4.99 Å². The molecule has 0 aromatic heterocycles. The number of amides is 3. The lowest BCUT2D eigenvalue weighted by Crippen LogP contribution is -2.38. The number of carbonyl (C=O) groups is 2. The highest BCUT2D eigenvalue weighted by atomic mass is 16.5. The van der Waals surface area contributed by atoms with Crippen LogP contribution in [0, 0.1) is 0 Å². The van der Waals surface area contributed by atoms with E-state index in [1.807, 2.05) is 18.2 Å². The zero-order valence-electron chi connectivity index (χ0n) is 12.3. The van der Waals surface area contributed by atoms with Crippen molar-refractivity contribution in [2.75, 3.05) is 16.9 Å². The molecule has 114 valence electrons. The number of urea groups is 1. The molecule has 2 aromatic carbocycles. The highest BCUT2D eigenvalue weighted by Gasteiger charge is 2.48. The molecular formula is C17H13N3O3. The van der Waals surface area contributed by atoms with Crippen LogP contribution in [0.5, 0.6) is 5.75 Å². The van der Waals surface area contributed by atoms with Crippen LogP contribution in [-0.4, -0.2) is 31.3 Å². The molecule has 2 aliphatic rings. The van der Waals surface area contributed by atoms with Crippen LogP contribution in [0.25, 0.3) is 0 Å². The second kappa shape index (κ2) is 4.95. The van der Waals surface area contributed by atoms with Crippen molar-refractivity contribution >= 4 is 35.2 Å². The van der Waals surface area contributed by atoms with E-state index in [0.717, 1.165) is 0 Å². The summed E-state index contributed by atoms with van der Waals surface area (Å²) in [5.41, 5.74) is 1.81. The number of rotatable bonds is 2. The first kappa shape index (κ1) is 13.5. The molecule has 0 saturated carbocycles. The Kier molecular flexibility index (Phi) is 2.90. The minimum Gasteiger partial charge on any atom is -0.497 e. The number of methoxy groups -OCH3 is 1. The van der Waals surface area contributed by atoms with Crippen LogP contribution in [-0.2, 0) is 4.79 Å². The van der Waals surface area contributed by atoms with Crippen LogP contribution in [0.3, 0.4) is 0 Å². The SMILES string of the molecule is COc1cccc(N2C(=O)C3C=Nc4ccccc4N3C2=O)c1. The average molecular weight is 307 g/mol. The molecule has 0 N–H and O–H groups in total. The fourth-order valence-corrected chi connectivity index (χ4v) is 2.86. The lowest BCUT2D eigenvalue weighted by Gasteiger charge is -2.24. The van der Waals surface area contributed by atoms with Gasteiger partial charge in [-0.15, -0.1) is 0 Å². The number of anilines is 2. The molecule has 1 saturated heterocycles. The lowest BCUT2D eigenvalue weighted by molar-refractivity contribution is -0.116. The molecule has 0 radical (unpaired) electrons. The van der Waals surface area contributed by atoms with Crippen LogP contribution in [0.4, 0.5) is 21.9 Å². The first-order valence-corrected chi connectivity index (χ1v) is 7.15. The highest BCUT2D eigenvalue weighted by Crippen LogP contribution is 2.38. The smallest absolute Gasteiger partial charge is 0.337 e. The molecule has 6 heteroatoms. The van der Waals surface area contributed by atoms with E-state index in [2.05, 4.69) is 4.99 Å². The zero-order chi connectivity index (χ0) is 16.0. The Morgan fingerprint density at radius 3 is 2.74 bits per heavy atom. The third-order valence-electron chi connectivity index (χ3n) is 3.96. The second-order valence-electron chi connectivity index (χ2n) is 5.24. The van der Waals surface area contributed by atoms with Gasteiger partial charge in [-0.25, -0.2) is 9.69 Å². The molecule has 6 nitrogen and oxygen atoms in total. The van der Waals surface area contributed by atoms with Gasteiger partial charge in [0.05, 0.1) is 24.2 Å². The normalized spacial score (nSPS) is 18.9. The number of para-hydroxylation sites is 2. The number of hydrogen-bond acceptors (Lipinski definition) is 4. The van der Waals surface area contributed by atoms with Gasteiger partial charge in [-0.1, -0.05) is 18.2 Å². The minimum atomic E-state index is -0.705. The van der Waals surface area contributed by atoms with Crippen molar-refractivity contribution in [1.29, 1.82) is 0 Å². The Bertz CT molecular complexity index is 846. The van der Waals surface area contributed by atoms with Crippen molar-refractivity contribution in [2.45, 2.75) is 6.04 Å². The average Bonchev–Trinajstić information content (AvgIpc) is 2.86. The van der Waals surface area contributed by atoms with E-state index in [-0.39, 0.29) is 11.9 Å². The summed E-state index contributed by atoms with van der Waals surface area (Å²) in [6.07, 6.45) is 1.52. The van der Waals surface area contributed by atoms with Gasteiger partial charge in [0.1, 0.15) is 5.75 Å². The van der Waals surface area contributed by atoms with E-state index in [1.54, 1.807) is 37.4 Å². The van der Waals surface area contributed by atoms with Gasteiger partial charge in [-0.2, -0.15) is 0 Å². The summed E-state index contributed by atoms with van der Waals surface area (Å²) in [7, 11) is 1.54. The zero-order valence-corrected chi connectivity index (χ0v) is 12.3. The van der Waals surface area contributed by atoms with Gasteiger partial charge < -0.3 is 4.74 Å². The molecule has 0 aliphatic carbocycles. The Morgan fingerprint density at radius 1 is 1.09 bits per heavy atom. The third kappa shape index (κ3) is 1.92. The second-order valence-corrected chi connectivity index (χ2v) is 5.24. The van der Waals surface area contributed by atoms with Crippen LogP contribution in [0.15, 0.2) is 53.5 Å². The molecule has 23 heavy (non-hydrogen) atoms.